The zero-order valence-corrected chi connectivity index (χ0v) is 10.4. The maximum Gasteiger partial charge on any atom is 0.328 e. The van der Waals surface area contributed by atoms with Crippen LogP contribution in [-0.2, 0) is 20.4 Å². The largest absolute Gasteiger partial charge is 0.478 e. The van der Waals surface area contributed by atoms with E-state index in [-0.39, 0.29) is 0 Å². The van der Waals surface area contributed by atoms with Gasteiger partial charge in [-0.15, -0.1) is 0 Å². The fourth-order valence-electron chi connectivity index (χ4n) is 1.48. The first kappa shape index (κ1) is 14.4. The molecule has 0 bridgehead atoms. The summed E-state index contributed by atoms with van der Waals surface area (Å²) in [5.74, 6) is 0.0864. The Morgan fingerprint density at radius 3 is 2.39 bits per heavy atom. The fraction of sp³-hybridized carbons (Fsp3) is 0.500. The first-order valence-corrected chi connectivity index (χ1v) is 6.75. The number of carboxylic acid groups (broad SMARTS) is 2. The summed E-state index contributed by atoms with van der Waals surface area (Å²) in [4.78, 5) is 25.6. The fourth-order valence-corrected chi connectivity index (χ4v) is 2.61. The number of rotatable bonds is 2. The number of aliphatic imine (C=N–C) groups is 1. The molecule has 1 fully saturated rings. The molecule has 2 N–H and O–H groups in total. The Hall–Kier alpha value is -1.70. The molecule has 2 heterocycles. The third-order valence-corrected chi connectivity index (χ3v) is 3.49. The molecule has 2 aliphatic rings. The number of hydrogen-bond donors (Lipinski definition) is 2. The van der Waals surface area contributed by atoms with Crippen LogP contribution in [-0.4, -0.2) is 68.2 Å². The first-order valence-electron chi connectivity index (χ1n) is 5.26. The summed E-state index contributed by atoms with van der Waals surface area (Å²) in [6.45, 7) is 2.91. The summed E-state index contributed by atoms with van der Waals surface area (Å²) in [5.41, 5.74) is 0. The zero-order valence-electron chi connectivity index (χ0n) is 9.61. The quantitative estimate of drug-likeness (QED) is 0.637. The third-order valence-electron chi connectivity index (χ3n) is 2.28. The van der Waals surface area contributed by atoms with Crippen LogP contribution in [0.2, 0.25) is 0 Å². The highest BCUT2D eigenvalue weighted by Crippen LogP contribution is 2.07. The van der Waals surface area contributed by atoms with Crippen molar-refractivity contribution in [3.63, 3.8) is 0 Å². The molecule has 0 amide bonds. The second kappa shape index (κ2) is 6.90. The summed E-state index contributed by atoms with van der Waals surface area (Å²) >= 11 is 0. The van der Waals surface area contributed by atoms with Crippen molar-refractivity contribution in [1.29, 1.82) is 0 Å². The summed E-state index contributed by atoms with van der Waals surface area (Å²) in [5, 5.41) is 15.6. The van der Waals surface area contributed by atoms with E-state index in [1.165, 1.54) is 0 Å². The number of fused-ring (bicyclic) bond motifs is 1. The molecular formula is C10H14N2O5S. The van der Waals surface area contributed by atoms with Gasteiger partial charge in [0.15, 0.2) is 0 Å². The Balaban J connectivity index is 0.000000187. The molecule has 1 atom stereocenters. The molecule has 0 saturated carbocycles. The van der Waals surface area contributed by atoms with Crippen LogP contribution in [0.4, 0.5) is 0 Å². The summed E-state index contributed by atoms with van der Waals surface area (Å²) in [6, 6.07) is 0. The predicted molar refractivity (Wildman–Crippen MR) is 66.2 cm³/mol. The van der Waals surface area contributed by atoms with Gasteiger partial charge in [-0.05, 0) is 0 Å². The molecule has 1 unspecified atom stereocenters. The molecule has 100 valence electrons. The molecule has 0 aromatic heterocycles. The molecule has 0 aromatic rings. The van der Waals surface area contributed by atoms with Crippen LogP contribution in [0, 0.1) is 0 Å². The van der Waals surface area contributed by atoms with Gasteiger partial charge in [-0.3, -0.25) is 9.20 Å². The van der Waals surface area contributed by atoms with Gasteiger partial charge in [-0.2, -0.15) is 0 Å². The number of nitrogens with zero attached hydrogens (tertiary/aromatic N) is 2. The molecule has 2 aliphatic heterocycles. The molecule has 8 heteroatoms. The van der Waals surface area contributed by atoms with Crippen LogP contribution < -0.4 is 0 Å². The monoisotopic (exact) mass is 274 g/mol. The maximum absolute atomic E-state index is 11.0. The van der Waals surface area contributed by atoms with E-state index in [4.69, 9.17) is 10.2 Å². The minimum absolute atomic E-state index is 0.558. The van der Waals surface area contributed by atoms with Crippen molar-refractivity contribution < 1.29 is 24.0 Å². The smallest absolute Gasteiger partial charge is 0.328 e. The lowest BCUT2D eigenvalue weighted by Crippen LogP contribution is -2.40. The van der Waals surface area contributed by atoms with Gasteiger partial charge in [0.25, 0.3) is 0 Å². The standard InChI is InChI=1S/C6H10N2OS.C4H4O4/c9-10-4-3-8-2-1-7-6(8)5-10;5-3(6)1-2-4(7)8/h1-5H2;1-2H,(H,5,6)(H,7,8)/b;2-1+. The van der Waals surface area contributed by atoms with Crippen LogP contribution in [0.1, 0.15) is 0 Å². The van der Waals surface area contributed by atoms with Gasteiger partial charge in [-0.25, -0.2) is 9.59 Å². The third kappa shape index (κ3) is 5.09. The maximum atomic E-state index is 11.0. The van der Waals surface area contributed by atoms with E-state index in [1.807, 2.05) is 0 Å². The number of amidine groups is 1. The molecule has 2 rings (SSSR count). The predicted octanol–water partition coefficient (Wildman–Crippen LogP) is -0.825. The molecule has 1 saturated heterocycles. The molecule has 0 aliphatic carbocycles. The summed E-state index contributed by atoms with van der Waals surface area (Å²) < 4.78 is 11.0. The molecule has 0 radical (unpaired) electrons. The van der Waals surface area contributed by atoms with E-state index >= 15 is 0 Å². The van der Waals surface area contributed by atoms with Gasteiger partial charge in [-0.1, -0.05) is 0 Å². The van der Waals surface area contributed by atoms with E-state index < -0.39 is 22.7 Å². The van der Waals surface area contributed by atoms with Crippen molar-refractivity contribution in [2.75, 3.05) is 31.1 Å². The van der Waals surface area contributed by atoms with Gasteiger partial charge in [0, 0.05) is 41.8 Å². The Morgan fingerprint density at radius 2 is 1.83 bits per heavy atom. The second-order valence-corrected chi connectivity index (χ2v) is 5.16. The van der Waals surface area contributed by atoms with Crippen LogP contribution in [0.3, 0.4) is 0 Å². The number of carboxylic acids is 2. The Kier molecular flexibility index (Phi) is 5.50. The molecule has 0 spiro atoms. The van der Waals surface area contributed by atoms with Crippen LogP contribution >= 0.6 is 0 Å². The highest BCUT2D eigenvalue weighted by molar-refractivity contribution is 7.85. The van der Waals surface area contributed by atoms with Crippen LogP contribution in [0.15, 0.2) is 17.1 Å². The van der Waals surface area contributed by atoms with Gasteiger partial charge in [0.05, 0.1) is 12.3 Å². The highest BCUT2D eigenvalue weighted by Gasteiger charge is 2.23. The van der Waals surface area contributed by atoms with Crippen LogP contribution in [0.25, 0.3) is 0 Å². The van der Waals surface area contributed by atoms with Crippen molar-refractivity contribution in [2.24, 2.45) is 4.99 Å². The van der Waals surface area contributed by atoms with Crippen molar-refractivity contribution in [3.8, 4) is 0 Å². The minimum atomic E-state index is -1.26. The van der Waals surface area contributed by atoms with E-state index in [9.17, 15) is 13.8 Å². The number of aliphatic carboxylic acids is 2. The first-order chi connectivity index (χ1) is 8.49. The number of hydrogen-bond acceptors (Lipinski definition) is 5. The van der Waals surface area contributed by atoms with E-state index in [0.717, 1.165) is 31.2 Å². The van der Waals surface area contributed by atoms with Gasteiger partial charge >= 0.3 is 11.9 Å². The van der Waals surface area contributed by atoms with Crippen LogP contribution in [0.5, 0.6) is 0 Å². The van der Waals surface area contributed by atoms with E-state index in [0.29, 0.717) is 17.9 Å². The minimum Gasteiger partial charge on any atom is -0.478 e. The van der Waals surface area contributed by atoms with Crippen molar-refractivity contribution in [3.05, 3.63) is 12.2 Å². The van der Waals surface area contributed by atoms with Crippen molar-refractivity contribution >= 4 is 28.6 Å². The van der Waals surface area contributed by atoms with Gasteiger partial charge < -0.3 is 15.1 Å². The van der Waals surface area contributed by atoms with E-state index in [2.05, 4.69) is 9.89 Å². The molecular weight excluding hydrogens is 260 g/mol. The average molecular weight is 274 g/mol. The average Bonchev–Trinajstić information content (AvgIpc) is 2.74. The highest BCUT2D eigenvalue weighted by atomic mass is 32.2. The summed E-state index contributed by atoms with van der Waals surface area (Å²) in [7, 11) is -0.623. The Bertz CT molecular complexity index is 402. The van der Waals surface area contributed by atoms with E-state index in [1.54, 1.807) is 0 Å². The SMILES string of the molecule is O=C(O)/C=C/C(=O)O.O=S1CCN2CCN=C2C1. The van der Waals surface area contributed by atoms with Gasteiger partial charge in [0.1, 0.15) is 5.84 Å². The molecule has 18 heavy (non-hydrogen) atoms. The number of carbonyl (C=O) groups is 2. The second-order valence-electron chi connectivity index (χ2n) is 3.58. The Labute approximate surface area is 106 Å². The van der Waals surface area contributed by atoms with Crippen molar-refractivity contribution in [1.82, 2.24) is 4.90 Å². The topological polar surface area (TPSA) is 107 Å². The lowest BCUT2D eigenvalue weighted by atomic mass is 10.5. The molecule has 7 nitrogen and oxygen atoms in total. The van der Waals surface area contributed by atoms with Gasteiger partial charge in [0.2, 0.25) is 0 Å². The van der Waals surface area contributed by atoms with Crippen molar-refractivity contribution in [2.45, 2.75) is 0 Å². The summed E-state index contributed by atoms with van der Waals surface area (Å²) in [6.07, 6.45) is 1.12. The zero-order chi connectivity index (χ0) is 13.5. The lowest BCUT2D eigenvalue weighted by Gasteiger charge is -2.24. The normalized spacial score (nSPS) is 21.9. The molecule has 0 aromatic carbocycles. The Morgan fingerprint density at radius 1 is 1.22 bits per heavy atom. The lowest BCUT2D eigenvalue weighted by molar-refractivity contribution is -0.134.